The molecule has 0 spiro atoms. The first-order chi connectivity index (χ1) is 11.7. The van der Waals surface area contributed by atoms with Gasteiger partial charge in [0, 0.05) is 30.2 Å². The molecule has 6 heteroatoms. The van der Waals surface area contributed by atoms with Crippen molar-refractivity contribution in [2.45, 2.75) is 6.23 Å². The van der Waals surface area contributed by atoms with E-state index in [4.69, 9.17) is 26.5 Å². The van der Waals surface area contributed by atoms with E-state index in [9.17, 15) is 0 Å². The summed E-state index contributed by atoms with van der Waals surface area (Å²) in [5.41, 5.74) is 1.43. The normalized spacial score (nSPS) is 18.3. The smallest absolute Gasteiger partial charge is 0.157 e. The van der Waals surface area contributed by atoms with Crippen LogP contribution in [0.5, 0.6) is 5.75 Å². The van der Waals surface area contributed by atoms with Crippen LogP contribution in [0.4, 0.5) is 0 Å². The van der Waals surface area contributed by atoms with E-state index in [2.05, 4.69) is 4.98 Å². The Bertz CT molecular complexity index is 768. The molecule has 0 fully saturated rings. The molecule has 1 aliphatic carbocycles. The predicted molar refractivity (Wildman–Crippen MR) is 93.7 cm³/mol. The highest BCUT2D eigenvalue weighted by atomic mass is 35.5. The lowest BCUT2D eigenvalue weighted by atomic mass is 9.89. The monoisotopic (exact) mass is 343 g/mol. The first-order valence-corrected chi connectivity index (χ1v) is 7.92. The van der Waals surface area contributed by atoms with Crippen molar-refractivity contribution in [3.05, 3.63) is 71.8 Å². The minimum atomic E-state index is -0.328. The summed E-state index contributed by atoms with van der Waals surface area (Å²) in [6, 6.07) is 7.24. The number of hydrogen-bond donors (Lipinski definition) is 1. The van der Waals surface area contributed by atoms with E-state index in [1.54, 1.807) is 37.8 Å². The molecule has 0 saturated heterocycles. The number of imidazole rings is 1. The predicted octanol–water partition coefficient (Wildman–Crippen LogP) is 3.89. The first-order valence-electron chi connectivity index (χ1n) is 7.54. The quantitative estimate of drug-likeness (QED) is 0.865. The molecular weight excluding hydrogens is 326 g/mol. The number of halogens is 1. The van der Waals surface area contributed by atoms with Gasteiger partial charge in [0.25, 0.3) is 0 Å². The Morgan fingerprint density at radius 1 is 1.42 bits per heavy atom. The Morgan fingerprint density at radius 2 is 2.29 bits per heavy atom. The molecule has 1 aliphatic rings. The number of rotatable bonds is 6. The van der Waals surface area contributed by atoms with Gasteiger partial charge in [-0.2, -0.15) is 0 Å². The summed E-state index contributed by atoms with van der Waals surface area (Å²) in [6.07, 6.45) is 10.5. The molecule has 24 heavy (non-hydrogen) atoms. The molecular formula is C18H18ClN3O2. The lowest BCUT2D eigenvalue weighted by Crippen LogP contribution is -2.29. The lowest BCUT2D eigenvalue weighted by Gasteiger charge is -2.28. The van der Waals surface area contributed by atoms with Crippen LogP contribution in [-0.4, -0.2) is 29.0 Å². The molecule has 0 saturated carbocycles. The summed E-state index contributed by atoms with van der Waals surface area (Å²) in [6.45, 7) is 0.337. The van der Waals surface area contributed by atoms with E-state index in [0.717, 1.165) is 5.57 Å². The van der Waals surface area contributed by atoms with Crippen molar-refractivity contribution < 1.29 is 9.47 Å². The highest BCUT2D eigenvalue weighted by Crippen LogP contribution is 2.30. The molecule has 2 atom stereocenters. The van der Waals surface area contributed by atoms with Gasteiger partial charge in [0.15, 0.2) is 6.23 Å². The van der Waals surface area contributed by atoms with Gasteiger partial charge in [0.1, 0.15) is 12.4 Å². The van der Waals surface area contributed by atoms with Crippen LogP contribution >= 0.6 is 11.6 Å². The number of ether oxygens (including phenoxy) is 2. The van der Waals surface area contributed by atoms with Gasteiger partial charge < -0.3 is 19.5 Å². The average molecular weight is 344 g/mol. The van der Waals surface area contributed by atoms with Crippen molar-refractivity contribution in [3.63, 3.8) is 0 Å². The van der Waals surface area contributed by atoms with Crippen LogP contribution < -0.4 is 4.74 Å². The van der Waals surface area contributed by atoms with Gasteiger partial charge in [-0.25, -0.2) is 4.98 Å². The molecule has 0 amide bonds. The highest BCUT2D eigenvalue weighted by molar-refractivity contribution is 6.30. The second-order valence-electron chi connectivity index (χ2n) is 5.40. The summed E-state index contributed by atoms with van der Waals surface area (Å²) in [5.74, 6) is 0.474. The third-order valence-corrected chi connectivity index (χ3v) is 4.09. The molecule has 0 radical (unpaired) electrons. The first kappa shape index (κ1) is 16.5. The molecule has 5 nitrogen and oxygen atoms in total. The van der Waals surface area contributed by atoms with Gasteiger partial charge in [-0.05, 0) is 29.8 Å². The highest BCUT2D eigenvalue weighted by Gasteiger charge is 2.28. The third kappa shape index (κ3) is 3.58. The van der Waals surface area contributed by atoms with Crippen LogP contribution in [0.1, 0.15) is 6.23 Å². The van der Waals surface area contributed by atoms with Gasteiger partial charge >= 0.3 is 0 Å². The number of benzene rings is 1. The Hall–Kier alpha value is -2.37. The molecule has 0 bridgehead atoms. The van der Waals surface area contributed by atoms with E-state index < -0.39 is 0 Å². The molecule has 1 aromatic carbocycles. The molecule has 1 heterocycles. The molecule has 1 N–H and O–H groups in total. The van der Waals surface area contributed by atoms with Crippen LogP contribution in [0.3, 0.4) is 0 Å². The number of methoxy groups -OCH3 is 1. The van der Waals surface area contributed by atoms with Crippen molar-refractivity contribution in [3.8, 4) is 5.75 Å². The number of allylic oxidation sites excluding steroid dienone is 3. The van der Waals surface area contributed by atoms with Crippen LogP contribution in [0.15, 0.2) is 66.8 Å². The minimum absolute atomic E-state index is 0.207. The van der Waals surface area contributed by atoms with Gasteiger partial charge in [0.2, 0.25) is 0 Å². The maximum absolute atomic E-state index is 8.26. The number of aromatic nitrogens is 2. The van der Waals surface area contributed by atoms with Crippen molar-refractivity contribution >= 4 is 17.3 Å². The Morgan fingerprint density at radius 3 is 3.00 bits per heavy atom. The van der Waals surface area contributed by atoms with Crippen LogP contribution in [0.2, 0.25) is 5.02 Å². The third-order valence-electron chi connectivity index (χ3n) is 3.86. The Balaban J connectivity index is 1.80. The molecule has 2 aromatic rings. The Labute approximate surface area is 145 Å². The fourth-order valence-electron chi connectivity index (χ4n) is 2.69. The summed E-state index contributed by atoms with van der Waals surface area (Å²) >= 11 is 5.99. The van der Waals surface area contributed by atoms with Crippen LogP contribution in [0, 0.1) is 11.3 Å². The maximum Gasteiger partial charge on any atom is 0.157 e. The van der Waals surface area contributed by atoms with Crippen molar-refractivity contribution in [2.75, 3.05) is 13.7 Å². The van der Waals surface area contributed by atoms with E-state index in [0.29, 0.717) is 23.1 Å². The topological polar surface area (TPSA) is 60.1 Å². The second kappa shape index (κ2) is 7.47. The number of nitrogens with one attached hydrogen (secondary N) is 1. The molecule has 0 aliphatic heterocycles. The number of hydrogen-bond acceptors (Lipinski definition) is 4. The van der Waals surface area contributed by atoms with Gasteiger partial charge in [-0.1, -0.05) is 29.8 Å². The maximum atomic E-state index is 8.26. The fraction of sp³-hybridized carbons (Fsp3) is 0.222. The molecule has 124 valence electrons. The zero-order valence-corrected chi connectivity index (χ0v) is 14.0. The SMILES string of the molecule is COC(C1=CC=CC(=N)C1COc1cccc(Cl)c1)n1ccnc1. The summed E-state index contributed by atoms with van der Waals surface area (Å²) in [5, 5.41) is 8.88. The summed E-state index contributed by atoms with van der Waals surface area (Å²) in [4.78, 5) is 4.07. The standard InChI is InChI=1S/C18H18ClN3O2/c1-23-18(22-9-8-21-12-22)15-6-3-7-17(20)16(15)11-24-14-5-2-4-13(19)10-14/h2-10,12,16,18,20H,11H2,1H3. The largest absolute Gasteiger partial charge is 0.493 e. The van der Waals surface area contributed by atoms with E-state index in [1.807, 2.05) is 35.0 Å². The zero-order chi connectivity index (χ0) is 16.9. The van der Waals surface area contributed by atoms with Gasteiger partial charge in [-0.3, -0.25) is 0 Å². The number of nitrogens with zero attached hydrogens (tertiary/aromatic N) is 2. The molecule has 3 rings (SSSR count). The Kier molecular flexibility index (Phi) is 5.13. The average Bonchev–Trinajstić information content (AvgIpc) is 3.09. The summed E-state index contributed by atoms with van der Waals surface area (Å²) < 4.78 is 13.4. The molecule has 1 aromatic heterocycles. The van der Waals surface area contributed by atoms with E-state index in [1.165, 1.54) is 0 Å². The van der Waals surface area contributed by atoms with Gasteiger partial charge in [-0.15, -0.1) is 0 Å². The van der Waals surface area contributed by atoms with Gasteiger partial charge in [0.05, 0.1) is 12.2 Å². The molecule has 2 unspecified atom stereocenters. The zero-order valence-electron chi connectivity index (χ0n) is 13.2. The van der Waals surface area contributed by atoms with Crippen molar-refractivity contribution in [1.29, 1.82) is 5.41 Å². The van der Waals surface area contributed by atoms with E-state index >= 15 is 0 Å². The van der Waals surface area contributed by atoms with Crippen molar-refractivity contribution in [1.82, 2.24) is 9.55 Å². The lowest BCUT2D eigenvalue weighted by molar-refractivity contribution is 0.0663. The summed E-state index contributed by atoms with van der Waals surface area (Å²) in [7, 11) is 1.64. The van der Waals surface area contributed by atoms with Crippen molar-refractivity contribution in [2.24, 2.45) is 5.92 Å². The minimum Gasteiger partial charge on any atom is -0.493 e. The van der Waals surface area contributed by atoms with Crippen LogP contribution in [0.25, 0.3) is 0 Å². The van der Waals surface area contributed by atoms with E-state index in [-0.39, 0.29) is 12.1 Å². The van der Waals surface area contributed by atoms with Crippen LogP contribution in [-0.2, 0) is 4.74 Å². The fourth-order valence-corrected chi connectivity index (χ4v) is 2.87. The second-order valence-corrected chi connectivity index (χ2v) is 5.84.